The summed E-state index contributed by atoms with van der Waals surface area (Å²) in [6.07, 6.45) is 0. The number of carbonyl (C=O) groups excluding carboxylic acids is 2. The van der Waals surface area contributed by atoms with E-state index in [2.05, 4.69) is 5.32 Å². The van der Waals surface area contributed by atoms with Gasteiger partial charge in [0.1, 0.15) is 0 Å². The summed E-state index contributed by atoms with van der Waals surface area (Å²) in [5, 5.41) is 19.9. The summed E-state index contributed by atoms with van der Waals surface area (Å²) in [4.78, 5) is 36.5. The average Bonchev–Trinajstić information content (AvgIpc) is 2.26. The molecule has 0 aromatic heterocycles. The third-order valence-electron chi connectivity index (χ3n) is 2.89. The maximum atomic E-state index is 11.3. The van der Waals surface area contributed by atoms with Crippen molar-refractivity contribution in [2.75, 3.05) is 39.3 Å². The van der Waals surface area contributed by atoms with Crippen molar-refractivity contribution in [1.82, 2.24) is 15.1 Å². The molecule has 1 fully saturated rings. The van der Waals surface area contributed by atoms with E-state index in [9.17, 15) is 14.4 Å². The van der Waals surface area contributed by atoms with Gasteiger partial charge in [0, 0.05) is 19.1 Å². The highest BCUT2D eigenvalue weighted by Crippen LogP contribution is 2.05. The number of hydrogen-bond acceptors (Lipinski definition) is 6. The van der Waals surface area contributed by atoms with Crippen molar-refractivity contribution in [2.45, 2.75) is 13.0 Å². The normalized spacial score (nSPS) is 18.5. The molecule has 3 N–H and O–H groups in total. The number of aliphatic hydroxyl groups excluding tert-OH is 1. The van der Waals surface area contributed by atoms with E-state index in [0.29, 0.717) is 6.54 Å². The summed E-state index contributed by atoms with van der Waals surface area (Å²) in [6, 6.07) is -0.152. The Labute approximate surface area is 111 Å². The van der Waals surface area contributed by atoms with E-state index < -0.39 is 5.97 Å². The summed E-state index contributed by atoms with van der Waals surface area (Å²) in [5.41, 5.74) is 0. The van der Waals surface area contributed by atoms with Gasteiger partial charge in [-0.05, 0) is 6.92 Å². The van der Waals surface area contributed by atoms with Crippen LogP contribution in [0.3, 0.4) is 0 Å². The van der Waals surface area contributed by atoms with E-state index in [1.807, 2.05) is 6.92 Å². The number of hydrogen-bond donors (Lipinski definition) is 3. The summed E-state index contributed by atoms with van der Waals surface area (Å²) >= 11 is 0. The summed E-state index contributed by atoms with van der Waals surface area (Å²) < 4.78 is 0. The lowest BCUT2D eigenvalue weighted by molar-refractivity contribution is -0.140. The number of rotatable bonds is 7. The van der Waals surface area contributed by atoms with Crippen LogP contribution in [0.1, 0.15) is 6.92 Å². The fourth-order valence-electron chi connectivity index (χ4n) is 2.03. The maximum Gasteiger partial charge on any atom is 0.317 e. The van der Waals surface area contributed by atoms with E-state index in [1.54, 1.807) is 9.80 Å². The number of amides is 2. The van der Waals surface area contributed by atoms with Crippen LogP contribution in [0, 0.1) is 0 Å². The molecule has 8 heteroatoms. The van der Waals surface area contributed by atoms with E-state index in [4.69, 9.17) is 10.2 Å². The lowest BCUT2D eigenvalue weighted by Gasteiger charge is -2.33. The molecule has 1 aliphatic rings. The second kappa shape index (κ2) is 7.17. The smallest absolute Gasteiger partial charge is 0.317 e. The highest BCUT2D eigenvalue weighted by atomic mass is 16.4. The lowest BCUT2D eigenvalue weighted by Crippen LogP contribution is -2.56. The number of aliphatic hydroxyl groups is 1. The number of carbonyl (C=O) groups is 3. The van der Waals surface area contributed by atoms with Crippen molar-refractivity contribution in [2.24, 2.45) is 0 Å². The van der Waals surface area contributed by atoms with Crippen LogP contribution in [0.5, 0.6) is 0 Å². The van der Waals surface area contributed by atoms with Gasteiger partial charge >= 0.3 is 5.97 Å². The Morgan fingerprint density at radius 2 is 2.00 bits per heavy atom. The van der Waals surface area contributed by atoms with Crippen LogP contribution in [0.4, 0.5) is 0 Å². The lowest BCUT2D eigenvalue weighted by atomic mass is 10.2. The van der Waals surface area contributed by atoms with Crippen LogP contribution < -0.4 is 5.32 Å². The number of carboxylic acids is 1. The quantitative estimate of drug-likeness (QED) is 0.448. The average molecular weight is 273 g/mol. The molecule has 2 amide bonds. The van der Waals surface area contributed by atoms with Crippen molar-refractivity contribution in [3.8, 4) is 0 Å². The fraction of sp³-hybridized carbons (Fsp3) is 0.727. The van der Waals surface area contributed by atoms with Crippen molar-refractivity contribution >= 4 is 17.8 Å². The Bertz CT molecular complexity index is 344. The third kappa shape index (κ3) is 5.33. The molecular formula is C11H19N3O5. The second-order valence-electron chi connectivity index (χ2n) is 4.58. The van der Waals surface area contributed by atoms with Crippen LogP contribution >= 0.6 is 0 Å². The van der Waals surface area contributed by atoms with E-state index in [1.165, 1.54) is 0 Å². The second-order valence-corrected chi connectivity index (χ2v) is 4.58. The first-order chi connectivity index (χ1) is 8.92. The SMILES string of the molecule is C[C@H](CN(CCO)CC(=O)O)N1CC(=O)NC(=O)C1. The summed E-state index contributed by atoms with van der Waals surface area (Å²) in [5.74, 6) is -1.68. The largest absolute Gasteiger partial charge is 0.480 e. The Morgan fingerprint density at radius 1 is 1.42 bits per heavy atom. The predicted molar refractivity (Wildman–Crippen MR) is 65.3 cm³/mol. The molecule has 0 aromatic rings. The number of aliphatic carboxylic acids is 1. The van der Waals surface area contributed by atoms with Crippen molar-refractivity contribution in [3.63, 3.8) is 0 Å². The zero-order chi connectivity index (χ0) is 14.4. The van der Waals surface area contributed by atoms with Gasteiger partial charge in [-0.15, -0.1) is 0 Å². The standard InChI is InChI=1S/C11H19N3O5/c1-8(4-13(2-3-15)7-11(18)19)14-5-9(16)12-10(17)6-14/h8,15H,2-7H2,1H3,(H,18,19)(H,12,16,17)/t8-/m1/s1. The molecule has 1 saturated heterocycles. The first kappa shape index (κ1) is 15.5. The Balaban J connectivity index is 2.54. The zero-order valence-electron chi connectivity index (χ0n) is 10.8. The van der Waals surface area contributed by atoms with Crippen molar-refractivity contribution < 1.29 is 24.6 Å². The molecular weight excluding hydrogens is 254 g/mol. The topological polar surface area (TPSA) is 110 Å². The zero-order valence-corrected chi connectivity index (χ0v) is 10.8. The van der Waals surface area contributed by atoms with Gasteiger partial charge in [-0.25, -0.2) is 0 Å². The molecule has 1 rings (SSSR count). The number of nitrogens with one attached hydrogen (secondary N) is 1. The highest BCUT2D eigenvalue weighted by molar-refractivity contribution is 5.99. The summed E-state index contributed by atoms with van der Waals surface area (Å²) in [6.45, 7) is 2.34. The Hall–Kier alpha value is -1.51. The number of imide groups is 1. The molecule has 1 aliphatic heterocycles. The fourth-order valence-corrected chi connectivity index (χ4v) is 2.03. The van der Waals surface area contributed by atoms with E-state index in [-0.39, 0.29) is 50.6 Å². The molecule has 108 valence electrons. The van der Waals surface area contributed by atoms with Crippen LogP contribution in [0.25, 0.3) is 0 Å². The number of carboxylic acid groups (broad SMARTS) is 1. The molecule has 0 aromatic carbocycles. The highest BCUT2D eigenvalue weighted by Gasteiger charge is 2.27. The number of piperazine rings is 1. The molecule has 0 radical (unpaired) electrons. The minimum atomic E-state index is -0.979. The first-order valence-corrected chi connectivity index (χ1v) is 6.04. The minimum absolute atomic E-state index is 0.118. The molecule has 0 saturated carbocycles. The van der Waals surface area contributed by atoms with Gasteiger partial charge in [-0.1, -0.05) is 0 Å². The third-order valence-corrected chi connectivity index (χ3v) is 2.89. The van der Waals surface area contributed by atoms with E-state index >= 15 is 0 Å². The molecule has 0 spiro atoms. The van der Waals surface area contributed by atoms with Gasteiger partial charge < -0.3 is 10.2 Å². The minimum Gasteiger partial charge on any atom is -0.480 e. The van der Waals surface area contributed by atoms with Crippen LogP contribution in [-0.2, 0) is 14.4 Å². The van der Waals surface area contributed by atoms with Gasteiger partial charge in [0.2, 0.25) is 11.8 Å². The molecule has 1 heterocycles. The van der Waals surface area contributed by atoms with Crippen LogP contribution in [-0.4, -0.2) is 83.2 Å². The van der Waals surface area contributed by atoms with Crippen molar-refractivity contribution in [1.29, 1.82) is 0 Å². The maximum absolute atomic E-state index is 11.3. The van der Waals surface area contributed by atoms with Gasteiger partial charge in [0.25, 0.3) is 0 Å². The van der Waals surface area contributed by atoms with Gasteiger partial charge in [0.05, 0.1) is 26.2 Å². The first-order valence-electron chi connectivity index (χ1n) is 6.04. The molecule has 0 aliphatic carbocycles. The molecule has 0 unspecified atom stereocenters. The molecule has 19 heavy (non-hydrogen) atoms. The van der Waals surface area contributed by atoms with Gasteiger partial charge in [-0.2, -0.15) is 0 Å². The summed E-state index contributed by atoms with van der Waals surface area (Å²) in [7, 11) is 0. The van der Waals surface area contributed by atoms with Crippen molar-refractivity contribution in [3.05, 3.63) is 0 Å². The van der Waals surface area contributed by atoms with E-state index in [0.717, 1.165) is 0 Å². The van der Waals surface area contributed by atoms with Crippen LogP contribution in [0.2, 0.25) is 0 Å². The Kier molecular flexibility index (Phi) is 5.87. The number of nitrogens with zero attached hydrogens (tertiary/aromatic N) is 2. The molecule has 0 bridgehead atoms. The Morgan fingerprint density at radius 3 is 2.47 bits per heavy atom. The van der Waals surface area contributed by atoms with Gasteiger partial charge in [0.15, 0.2) is 0 Å². The molecule has 8 nitrogen and oxygen atoms in total. The van der Waals surface area contributed by atoms with Gasteiger partial charge in [-0.3, -0.25) is 29.5 Å². The van der Waals surface area contributed by atoms with Crippen LogP contribution in [0.15, 0.2) is 0 Å². The monoisotopic (exact) mass is 273 g/mol. The predicted octanol–water partition coefficient (Wildman–Crippen LogP) is -2.29. The molecule has 1 atom stereocenters.